The van der Waals surface area contributed by atoms with Crippen molar-refractivity contribution < 1.29 is 26.9 Å². The normalized spacial score (nSPS) is 10.3. The monoisotopic (exact) mass is 277 g/mol. The van der Waals surface area contributed by atoms with Crippen LogP contribution < -0.4 is 22.7 Å². The molecular weight excluding hydrogens is 262 g/mol. The molecule has 0 fully saturated rings. The molecule has 0 aromatic carbocycles. The lowest BCUT2D eigenvalue weighted by molar-refractivity contribution is -0.138. The Morgan fingerprint density at radius 2 is 2.08 bits per heavy atom. The first-order valence-electron chi connectivity index (χ1n) is 3.15. The van der Waals surface area contributed by atoms with Crippen LogP contribution in [0.5, 0.6) is 0 Å². The molecule has 0 radical (unpaired) electrons. The highest BCUT2D eigenvalue weighted by atomic mass is 79.9. The minimum absolute atomic E-state index is 0. The maximum Gasteiger partial charge on any atom is 0.320 e. The molecule has 0 rings (SSSR count). The molecule has 0 saturated carbocycles. The SMILES string of the molecule is CSCC[C@H](N)C(=O)O.C[SH2+].[Br-]. The number of aliphatic carboxylic acids is 1. The summed E-state index contributed by atoms with van der Waals surface area (Å²) < 4.78 is 0. The van der Waals surface area contributed by atoms with Gasteiger partial charge in [-0.05, 0) is 31.1 Å². The Morgan fingerprint density at radius 1 is 1.67 bits per heavy atom. The van der Waals surface area contributed by atoms with Crippen molar-refractivity contribution in [2.45, 2.75) is 12.5 Å². The molecule has 0 heterocycles. The highest BCUT2D eigenvalue weighted by molar-refractivity contribution is 7.98. The van der Waals surface area contributed by atoms with Crippen molar-refractivity contribution in [3.63, 3.8) is 0 Å². The zero-order chi connectivity index (χ0) is 9.28. The first kappa shape index (κ1) is 18.4. The number of nitrogens with two attached hydrogens (primary N) is 1. The summed E-state index contributed by atoms with van der Waals surface area (Å²) >= 11 is 4.58. The zero-order valence-electron chi connectivity index (χ0n) is 7.21. The van der Waals surface area contributed by atoms with E-state index in [9.17, 15) is 4.79 Å². The maximum atomic E-state index is 10.1. The summed E-state index contributed by atoms with van der Waals surface area (Å²) in [6.07, 6.45) is 4.28. The van der Waals surface area contributed by atoms with Crippen LogP contribution >= 0.6 is 11.8 Å². The highest BCUT2D eigenvalue weighted by Gasteiger charge is 2.08. The van der Waals surface area contributed by atoms with Crippen molar-refractivity contribution in [1.82, 2.24) is 0 Å². The van der Waals surface area contributed by atoms with Gasteiger partial charge in [-0.3, -0.25) is 4.79 Å². The van der Waals surface area contributed by atoms with E-state index < -0.39 is 12.0 Å². The van der Waals surface area contributed by atoms with Gasteiger partial charge in [-0.25, -0.2) is 0 Å². The number of hydrogen-bond acceptors (Lipinski definition) is 3. The topological polar surface area (TPSA) is 63.3 Å². The van der Waals surface area contributed by atoms with Gasteiger partial charge in [0.2, 0.25) is 0 Å². The average Bonchev–Trinajstić information content (AvgIpc) is 2.03. The van der Waals surface area contributed by atoms with E-state index in [4.69, 9.17) is 10.8 Å². The van der Waals surface area contributed by atoms with Gasteiger partial charge < -0.3 is 27.8 Å². The van der Waals surface area contributed by atoms with Crippen LogP contribution in [0.3, 0.4) is 0 Å². The number of carbonyl (C=O) groups is 1. The quantitative estimate of drug-likeness (QED) is 0.531. The predicted molar refractivity (Wildman–Crippen MR) is 54.7 cm³/mol. The van der Waals surface area contributed by atoms with Gasteiger partial charge in [0.1, 0.15) is 6.04 Å². The number of carboxylic acids is 1. The molecule has 0 aromatic rings. The first-order chi connectivity index (χ1) is 5.18. The highest BCUT2D eigenvalue weighted by Crippen LogP contribution is 1.97. The van der Waals surface area contributed by atoms with Crippen molar-refractivity contribution >= 4 is 30.4 Å². The average molecular weight is 278 g/mol. The third-order valence-electron chi connectivity index (χ3n) is 0.950. The fourth-order valence-corrected chi connectivity index (χ4v) is 0.858. The Balaban J connectivity index is -0.000000249. The summed E-state index contributed by atoms with van der Waals surface area (Å²) in [6, 6.07) is -0.683. The molecule has 12 heavy (non-hydrogen) atoms. The first-order valence-corrected chi connectivity index (χ1v) is 5.55. The lowest BCUT2D eigenvalue weighted by Crippen LogP contribution is -3.00. The molecule has 0 aliphatic carbocycles. The van der Waals surface area contributed by atoms with Crippen molar-refractivity contribution in [3.05, 3.63) is 0 Å². The molecule has 3 nitrogen and oxygen atoms in total. The molecule has 0 amide bonds. The predicted octanol–water partition coefficient (Wildman–Crippen LogP) is -3.22. The standard InChI is InChI=1S/C5H11NO2S.CH4S.BrH/c1-9-3-2-4(6)5(7)8;1-2;/h4H,2-3,6H2,1H3,(H,7,8);2H,1H3;1H/t4-;;/m0../s1. The van der Waals surface area contributed by atoms with Crippen LogP contribution in [-0.2, 0) is 17.4 Å². The Morgan fingerprint density at radius 3 is 2.33 bits per heavy atom. The van der Waals surface area contributed by atoms with E-state index in [0.29, 0.717) is 6.42 Å². The largest absolute Gasteiger partial charge is 1.00 e. The Hall–Kier alpha value is 0.610. The fourth-order valence-electron chi connectivity index (χ4n) is 0.368. The van der Waals surface area contributed by atoms with Crippen molar-refractivity contribution in [2.24, 2.45) is 5.73 Å². The zero-order valence-corrected chi connectivity index (χ0v) is 10.6. The summed E-state index contributed by atoms with van der Waals surface area (Å²) in [5, 5.41) is 8.27. The van der Waals surface area contributed by atoms with Gasteiger partial charge in [-0.15, -0.1) is 0 Å². The third-order valence-corrected chi connectivity index (χ3v) is 1.59. The number of halogens is 1. The van der Waals surface area contributed by atoms with Crippen LogP contribution in [0.25, 0.3) is 0 Å². The Kier molecular flexibility index (Phi) is 21.7. The third kappa shape index (κ3) is 13.2. The van der Waals surface area contributed by atoms with Crippen LogP contribution in [-0.4, -0.2) is 35.4 Å². The summed E-state index contributed by atoms with van der Waals surface area (Å²) in [4.78, 5) is 10.1. The minimum Gasteiger partial charge on any atom is -1.00 e. The van der Waals surface area contributed by atoms with E-state index >= 15 is 0 Å². The van der Waals surface area contributed by atoms with E-state index in [1.54, 1.807) is 18.0 Å². The van der Waals surface area contributed by atoms with Crippen LogP contribution in [0.2, 0.25) is 0 Å². The van der Waals surface area contributed by atoms with Crippen molar-refractivity contribution in [3.8, 4) is 0 Å². The van der Waals surface area contributed by atoms with E-state index in [-0.39, 0.29) is 17.0 Å². The van der Waals surface area contributed by atoms with Gasteiger partial charge >= 0.3 is 5.97 Å². The molecule has 0 unspecified atom stereocenters. The lowest BCUT2D eigenvalue weighted by Gasteiger charge is -2.02. The van der Waals surface area contributed by atoms with E-state index in [1.165, 1.54) is 0 Å². The van der Waals surface area contributed by atoms with E-state index in [2.05, 4.69) is 12.6 Å². The van der Waals surface area contributed by atoms with Gasteiger partial charge in [-0.2, -0.15) is 11.8 Å². The molecule has 0 spiro atoms. The van der Waals surface area contributed by atoms with Crippen LogP contribution in [0.15, 0.2) is 0 Å². The Bertz CT molecular complexity index is 106. The molecule has 6 heteroatoms. The van der Waals surface area contributed by atoms with Gasteiger partial charge in [-0.1, -0.05) is 0 Å². The molecule has 3 N–H and O–H groups in total. The molecule has 1 atom stereocenters. The van der Waals surface area contributed by atoms with Gasteiger partial charge in [0, 0.05) is 0 Å². The molecule has 0 aromatic heterocycles. The van der Waals surface area contributed by atoms with Crippen LogP contribution in [0.4, 0.5) is 0 Å². The van der Waals surface area contributed by atoms with E-state index in [1.807, 2.05) is 6.26 Å². The van der Waals surface area contributed by atoms with E-state index in [0.717, 1.165) is 5.75 Å². The van der Waals surface area contributed by atoms with Gasteiger partial charge in [0.25, 0.3) is 0 Å². The van der Waals surface area contributed by atoms with Crippen LogP contribution in [0.1, 0.15) is 6.42 Å². The van der Waals surface area contributed by atoms with Gasteiger partial charge in [0.15, 0.2) is 0 Å². The molecular formula is C6H16BrNO2S2. The summed E-state index contributed by atoms with van der Waals surface area (Å²) in [6.45, 7) is 0. The number of carboxylic acid groups (broad SMARTS) is 1. The molecule has 0 bridgehead atoms. The second kappa shape index (κ2) is 14.2. The summed E-state index contributed by atoms with van der Waals surface area (Å²) in [5.41, 5.74) is 5.19. The molecule has 0 aliphatic heterocycles. The van der Waals surface area contributed by atoms with Crippen molar-refractivity contribution in [1.29, 1.82) is 0 Å². The van der Waals surface area contributed by atoms with Crippen LogP contribution in [0, 0.1) is 0 Å². The van der Waals surface area contributed by atoms with Crippen molar-refractivity contribution in [2.75, 3.05) is 18.3 Å². The number of rotatable bonds is 4. The fraction of sp³-hybridized carbons (Fsp3) is 0.833. The molecule has 0 saturated heterocycles. The Labute approximate surface area is 93.7 Å². The minimum atomic E-state index is -0.913. The smallest absolute Gasteiger partial charge is 0.320 e. The number of thioether (sulfide) groups is 1. The second-order valence-electron chi connectivity index (χ2n) is 1.73. The number of hydrogen-bond donors (Lipinski definition) is 2. The van der Waals surface area contributed by atoms with Gasteiger partial charge in [0.05, 0.1) is 6.26 Å². The second-order valence-corrected chi connectivity index (χ2v) is 2.71. The maximum absolute atomic E-state index is 10.1. The molecule has 0 aliphatic rings. The molecule has 76 valence electrons. The summed E-state index contributed by atoms with van der Waals surface area (Å²) in [7, 11) is 0. The summed E-state index contributed by atoms with van der Waals surface area (Å²) in [5.74, 6) is -0.1000. The lowest BCUT2D eigenvalue weighted by atomic mass is 10.2.